The molecule has 2 nitrogen and oxygen atoms in total. The largest absolute Gasteiger partial charge is 0.310 e. The van der Waals surface area contributed by atoms with Crippen LogP contribution in [0.15, 0.2) is 255 Å². The molecule has 12 aromatic rings. The van der Waals surface area contributed by atoms with Crippen molar-refractivity contribution in [2.24, 2.45) is 0 Å². The highest BCUT2D eigenvalue weighted by Gasteiger charge is 2.46. The zero-order chi connectivity index (χ0) is 42.9. The Morgan fingerprint density at radius 2 is 0.892 bits per heavy atom. The van der Waals surface area contributed by atoms with E-state index in [1.807, 2.05) is 0 Å². The molecule has 304 valence electrons. The molecule has 0 saturated heterocycles. The van der Waals surface area contributed by atoms with Gasteiger partial charge in [0.15, 0.2) is 0 Å². The summed E-state index contributed by atoms with van der Waals surface area (Å²) in [6.45, 7) is 0. The van der Waals surface area contributed by atoms with Crippen LogP contribution in [0.2, 0.25) is 0 Å². The van der Waals surface area contributed by atoms with E-state index in [2.05, 4.69) is 264 Å². The van der Waals surface area contributed by atoms with Gasteiger partial charge in [-0.2, -0.15) is 0 Å². The molecular weight excluding hydrogens is 785 g/mol. The third-order valence-electron chi connectivity index (χ3n) is 13.8. The number of aromatic nitrogens is 1. The molecule has 0 N–H and O–H groups in total. The average Bonchev–Trinajstić information content (AvgIpc) is 3.88. The van der Waals surface area contributed by atoms with Crippen LogP contribution in [0.1, 0.15) is 22.3 Å². The Hall–Kier alpha value is -8.46. The molecule has 0 spiro atoms. The molecule has 0 bridgehead atoms. The lowest BCUT2D eigenvalue weighted by Gasteiger charge is -2.35. The first-order valence-corrected chi connectivity index (χ1v) is 22.5. The van der Waals surface area contributed by atoms with Gasteiger partial charge in [0.2, 0.25) is 0 Å². The van der Waals surface area contributed by atoms with E-state index >= 15 is 0 Å². The van der Waals surface area contributed by atoms with Crippen LogP contribution in [-0.2, 0) is 5.41 Å². The number of anilines is 3. The van der Waals surface area contributed by atoms with Crippen molar-refractivity contribution in [3.05, 3.63) is 277 Å². The fourth-order valence-corrected chi connectivity index (χ4v) is 11.0. The van der Waals surface area contributed by atoms with Gasteiger partial charge in [0.05, 0.1) is 16.4 Å². The molecule has 1 heterocycles. The second kappa shape index (κ2) is 14.8. The van der Waals surface area contributed by atoms with Gasteiger partial charge in [-0.05, 0) is 109 Å². The lowest BCUT2D eigenvalue weighted by molar-refractivity contribution is 0.768. The monoisotopic (exact) mass is 826 g/mol. The fraction of sp³-hybridized carbons (Fsp3) is 0.0159. The summed E-state index contributed by atoms with van der Waals surface area (Å²) < 4.78 is 2.50. The first-order valence-electron chi connectivity index (χ1n) is 22.5. The first-order chi connectivity index (χ1) is 32.2. The molecule has 0 atom stereocenters. The molecule has 65 heavy (non-hydrogen) atoms. The normalized spacial score (nSPS) is 12.7. The molecule has 11 aromatic carbocycles. The third-order valence-corrected chi connectivity index (χ3v) is 13.8. The molecule has 1 aliphatic carbocycles. The number of benzene rings is 11. The Kier molecular flexibility index (Phi) is 8.47. The molecular formula is C63H42N2. The maximum Gasteiger partial charge on any atom is 0.0714 e. The molecule has 0 amide bonds. The Bertz CT molecular complexity index is 3730. The second-order valence-electron chi connectivity index (χ2n) is 17.3. The van der Waals surface area contributed by atoms with E-state index in [-0.39, 0.29) is 0 Å². The number of rotatable bonds is 7. The predicted octanol–water partition coefficient (Wildman–Crippen LogP) is 16.6. The van der Waals surface area contributed by atoms with E-state index in [1.54, 1.807) is 0 Å². The molecule has 1 aliphatic rings. The maximum absolute atomic E-state index is 2.50. The average molecular weight is 827 g/mol. The number of hydrogen-bond acceptors (Lipinski definition) is 1. The van der Waals surface area contributed by atoms with Crippen molar-refractivity contribution in [2.45, 2.75) is 5.41 Å². The Balaban J connectivity index is 1.10. The highest BCUT2D eigenvalue weighted by molar-refractivity contribution is 6.19. The maximum atomic E-state index is 2.50. The van der Waals surface area contributed by atoms with E-state index in [1.165, 1.54) is 82.3 Å². The van der Waals surface area contributed by atoms with Crippen LogP contribution in [0.3, 0.4) is 0 Å². The van der Waals surface area contributed by atoms with Gasteiger partial charge < -0.3 is 9.47 Å². The predicted molar refractivity (Wildman–Crippen MR) is 273 cm³/mol. The minimum atomic E-state index is -0.527. The summed E-state index contributed by atoms with van der Waals surface area (Å²) in [5.74, 6) is 0. The van der Waals surface area contributed by atoms with Crippen molar-refractivity contribution in [2.75, 3.05) is 4.90 Å². The van der Waals surface area contributed by atoms with Gasteiger partial charge in [-0.1, -0.05) is 206 Å². The van der Waals surface area contributed by atoms with Crippen molar-refractivity contribution in [3.8, 4) is 27.9 Å². The second-order valence-corrected chi connectivity index (χ2v) is 17.3. The van der Waals surface area contributed by atoms with Crippen molar-refractivity contribution < 1.29 is 0 Å². The zero-order valence-corrected chi connectivity index (χ0v) is 35.6. The van der Waals surface area contributed by atoms with Crippen molar-refractivity contribution in [3.63, 3.8) is 0 Å². The number of fused-ring (bicyclic) bond motifs is 9. The Morgan fingerprint density at radius 3 is 1.69 bits per heavy atom. The quantitative estimate of drug-likeness (QED) is 0.155. The van der Waals surface area contributed by atoms with Crippen LogP contribution in [-0.4, -0.2) is 4.57 Å². The van der Waals surface area contributed by atoms with Crippen LogP contribution in [0.5, 0.6) is 0 Å². The zero-order valence-electron chi connectivity index (χ0n) is 35.6. The van der Waals surface area contributed by atoms with Gasteiger partial charge in [0, 0.05) is 38.9 Å². The van der Waals surface area contributed by atoms with E-state index in [9.17, 15) is 0 Å². The molecule has 1 aromatic heterocycles. The standard InChI is InChI=1S/C63H42N2/c1-4-17-43(18-5-1)47-22-16-27-50(39-47)65-61-42-53(35-38-57(61)58-36-32-45-20-12-13-28-54(45)62(58)65)64(51-33-31-44-19-10-11-21-46(44)40-51)52-34-37-56-55-29-14-15-30-59(55)63(60(56)41-52,48-23-6-2-7-24-48)49-25-8-3-9-26-49/h1-42H. The molecule has 13 rings (SSSR count). The van der Waals surface area contributed by atoms with Crippen LogP contribution in [0, 0.1) is 0 Å². The highest BCUT2D eigenvalue weighted by Crippen LogP contribution is 2.57. The topological polar surface area (TPSA) is 8.17 Å². The van der Waals surface area contributed by atoms with E-state index in [0.29, 0.717) is 0 Å². The summed E-state index contributed by atoms with van der Waals surface area (Å²) in [5.41, 5.74) is 16.3. The van der Waals surface area contributed by atoms with Gasteiger partial charge in [-0.3, -0.25) is 0 Å². The summed E-state index contributed by atoms with van der Waals surface area (Å²) in [6.07, 6.45) is 0. The van der Waals surface area contributed by atoms with Gasteiger partial charge >= 0.3 is 0 Å². The van der Waals surface area contributed by atoms with Crippen molar-refractivity contribution >= 4 is 60.4 Å². The molecule has 2 heteroatoms. The minimum absolute atomic E-state index is 0.527. The summed E-state index contributed by atoms with van der Waals surface area (Å²) >= 11 is 0. The lowest BCUT2D eigenvalue weighted by Crippen LogP contribution is -2.28. The molecule has 0 saturated carbocycles. The van der Waals surface area contributed by atoms with Crippen LogP contribution >= 0.6 is 0 Å². The van der Waals surface area contributed by atoms with E-state index in [0.717, 1.165) is 28.3 Å². The van der Waals surface area contributed by atoms with Crippen LogP contribution in [0.4, 0.5) is 17.1 Å². The number of nitrogens with zero attached hydrogens (tertiary/aromatic N) is 2. The first kappa shape index (κ1) is 37.1. The van der Waals surface area contributed by atoms with Crippen molar-refractivity contribution in [1.82, 2.24) is 4.57 Å². The van der Waals surface area contributed by atoms with Crippen molar-refractivity contribution in [1.29, 1.82) is 0 Å². The highest BCUT2D eigenvalue weighted by atomic mass is 15.1. The Labute approximate surface area is 378 Å². The lowest BCUT2D eigenvalue weighted by atomic mass is 9.67. The third kappa shape index (κ3) is 5.74. The van der Waals surface area contributed by atoms with E-state index in [4.69, 9.17) is 0 Å². The molecule has 0 fully saturated rings. The smallest absolute Gasteiger partial charge is 0.0714 e. The summed E-state index contributed by atoms with van der Waals surface area (Å²) in [5, 5.41) is 7.32. The minimum Gasteiger partial charge on any atom is -0.310 e. The van der Waals surface area contributed by atoms with Crippen LogP contribution in [0.25, 0.3) is 71.3 Å². The van der Waals surface area contributed by atoms with Gasteiger partial charge in [-0.15, -0.1) is 0 Å². The van der Waals surface area contributed by atoms with E-state index < -0.39 is 5.41 Å². The van der Waals surface area contributed by atoms with Gasteiger partial charge in [0.1, 0.15) is 0 Å². The SMILES string of the molecule is c1ccc(-c2cccc(-n3c4cc(N(c5ccc6c(c5)C(c5ccccc5)(c5ccccc5)c5ccccc5-6)c5ccc6ccccc6c5)ccc4c4ccc5ccccc5c43)c2)cc1. The number of hydrogen-bond donors (Lipinski definition) is 0. The van der Waals surface area contributed by atoms with Gasteiger partial charge in [-0.25, -0.2) is 0 Å². The van der Waals surface area contributed by atoms with Crippen LogP contribution < -0.4 is 4.90 Å². The summed E-state index contributed by atoms with van der Waals surface area (Å²) in [7, 11) is 0. The molecule has 0 radical (unpaired) electrons. The fourth-order valence-electron chi connectivity index (χ4n) is 11.0. The summed E-state index contributed by atoms with van der Waals surface area (Å²) in [6, 6.07) is 94.0. The molecule has 0 aliphatic heterocycles. The van der Waals surface area contributed by atoms with Gasteiger partial charge in [0.25, 0.3) is 0 Å². The molecule has 0 unspecified atom stereocenters. The Morgan fingerprint density at radius 1 is 0.323 bits per heavy atom. The summed E-state index contributed by atoms with van der Waals surface area (Å²) in [4.78, 5) is 2.47.